The van der Waals surface area contributed by atoms with Gasteiger partial charge in [-0.3, -0.25) is 9.79 Å². The highest BCUT2D eigenvalue weighted by atomic mass is 127. The van der Waals surface area contributed by atoms with E-state index in [1.807, 2.05) is 32.9 Å². The molecule has 7 nitrogen and oxygen atoms in total. The van der Waals surface area contributed by atoms with Gasteiger partial charge in [-0.25, -0.2) is 0 Å². The number of guanidine groups is 1. The highest BCUT2D eigenvalue weighted by Crippen LogP contribution is 2.22. The van der Waals surface area contributed by atoms with Crippen LogP contribution in [0.3, 0.4) is 0 Å². The van der Waals surface area contributed by atoms with Crippen LogP contribution in [-0.2, 0) is 4.79 Å². The first-order valence-corrected chi connectivity index (χ1v) is 10.1. The Bertz CT molecular complexity index is 667. The van der Waals surface area contributed by atoms with Gasteiger partial charge >= 0.3 is 0 Å². The Balaban J connectivity index is 0.00000420. The van der Waals surface area contributed by atoms with E-state index in [9.17, 15) is 4.79 Å². The highest BCUT2D eigenvalue weighted by molar-refractivity contribution is 14.0. The van der Waals surface area contributed by atoms with Crippen LogP contribution in [0.25, 0.3) is 0 Å². The first kappa shape index (κ1) is 25.3. The predicted molar refractivity (Wildman–Crippen MR) is 131 cm³/mol. The van der Waals surface area contributed by atoms with Crippen molar-refractivity contribution in [1.29, 1.82) is 0 Å². The number of carbonyl (C=O) groups is 1. The number of aliphatic imine (C=N–C) groups is 1. The minimum atomic E-state index is -0.370. The van der Waals surface area contributed by atoms with Crippen LogP contribution >= 0.6 is 24.0 Å². The van der Waals surface area contributed by atoms with Crippen LogP contribution in [0.4, 0.5) is 5.69 Å². The van der Waals surface area contributed by atoms with Crippen LogP contribution in [0.15, 0.2) is 29.3 Å². The number of benzene rings is 1. The molecule has 1 aromatic rings. The average Bonchev–Trinajstić information content (AvgIpc) is 2.69. The zero-order chi connectivity index (χ0) is 20.6. The van der Waals surface area contributed by atoms with Crippen molar-refractivity contribution in [3.05, 3.63) is 24.3 Å². The molecular formula is C21H36IN5O2. The largest absolute Gasteiger partial charge is 0.497 e. The van der Waals surface area contributed by atoms with Crippen molar-refractivity contribution in [3.8, 4) is 5.75 Å². The number of nitrogens with zero attached hydrogens (tertiary/aromatic N) is 3. The molecule has 0 aromatic heterocycles. The third-order valence-corrected chi connectivity index (χ3v) is 4.67. The maximum Gasteiger partial charge on any atom is 0.225 e. The zero-order valence-corrected chi connectivity index (χ0v) is 20.7. The Morgan fingerprint density at radius 3 is 2.45 bits per heavy atom. The molecule has 0 bridgehead atoms. The van der Waals surface area contributed by atoms with Crippen molar-refractivity contribution in [1.82, 2.24) is 15.5 Å². The lowest BCUT2D eigenvalue weighted by molar-refractivity contribution is -0.128. The van der Waals surface area contributed by atoms with Crippen LogP contribution in [0.2, 0.25) is 0 Å². The van der Waals surface area contributed by atoms with E-state index in [1.54, 1.807) is 7.11 Å². The fourth-order valence-electron chi connectivity index (χ4n) is 3.01. The van der Waals surface area contributed by atoms with Crippen molar-refractivity contribution in [3.63, 3.8) is 0 Å². The van der Waals surface area contributed by atoms with Crippen molar-refractivity contribution in [2.45, 2.75) is 27.7 Å². The van der Waals surface area contributed by atoms with Crippen molar-refractivity contribution in [2.24, 2.45) is 10.4 Å². The van der Waals surface area contributed by atoms with Crippen LogP contribution in [0, 0.1) is 5.41 Å². The van der Waals surface area contributed by atoms with E-state index in [4.69, 9.17) is 9.73 Å². The van der Waals surface area contributed by atoms with E-state index >= 15 is 0 Å². The van der Waals surface area contributed by atoms with E-state index in [-0.39, 0.29) is 35.3 Å². The molecule has 1 amide bonds. The third kappa shape index (κ3) is 7.91. The van der Waals surface area contributed by atoms with Gasteiger partial charge in [0.15, 0.2) is 5.96 Å². The summed E-state index contributed by atoms with van der Waals surface area (Å²) in [5, 5.41) is 6.32. The molecule has 2 rings (SSSR count). The lowest BCUT2D eigenvalue weighted by atomic mass is 9.96. The monoisotopic (exact) mass is 517 g/mol. The van der Waals surface area contributed by atoms with Gasteiger partial charge in [0.05, 0.1) is 13.7 Å². The summed E-state index contributed by atoms with van der Waals surface area (Å²) in [6.45, 7) is 13.4. The molecule has 1 aliphatic rings. The number of hydrogen-bond acceptors (Lipinski definition) is 4. The van der Waals surface area contributed by atoms with E-state index < -0.39 is 0 Å². The fraction of sp³-hybridized carbons (Fsp3) is 0.619. The summed E-state index contributed by atoms with van der Waals surface area (Å²) in [4.78, 5) is 21.3. The number of methoxy groups -OCH3 is 1. The lowest BCUT2D eigenvalue weighted by Crippen LogP contribution is -2.52. The quantitative estimate of drug-likeness (QED) is 0.263. The smallest absolute Gasteiger partial charge is 0.225 e. The highest BCUT2D eigenvalue weighted by Gasteiger charge is 2.21. The molecule has 0 saturated carbocycles. The predicted octanol–water partition coefficient (Wildman–Crippen LogP) is 2.56. The Labute approximate surface area is 192 Å². The summed E-state index contributed by atoms with van der Waals surface area (Å²) in [6.07, 6.45) is 0. The number of ether oxygens (including phenoxy) is 1. The average molecular weight is 517 g/mol. The van der Waals surface area contributed by atoms with Gasteiger partial charge in [-0.2, -0.15) is 0 Å². The number of halogens is 1. The molecule has 2 N–H and O–H groups in total. The number of piperazine rings is 1. The third-order valence-electron chi connectivity index (χ3n) is 4.67. The Morgan fingerprint density at radius 1 is 1.17 bits per heavy atom. The van der Waals surface area contributed by atoms with Gasteiger partial charge in [-0.15, -0.1) is 24.0 Å². The summed E-state index contributed by atoms with van der Waals surface area (Å²) in [6, 6.07) is 8.19. The van der Waals surface area contributed by atoms with Gasteiger partial charge in [0.1, 0.15) is 5.75 Å². The molecule has 8 heteroatoms. The summed E-state index contributed by atoms with van der Waals surface area (Å²) < 4.78 is 5.33. The summed E-state index contributed by atoms with van der Waals surface area (Å²) in [5.41, 5.74) is 0.816. The lowest BCUT2D eigenvalue weighted by Gasteiger charge is -2.37. The van der Waals surface area contributed by atoms with E-state index in [2.05, 4.69) is 39.5 Å². The number of nitrogens with one attached hydrogen (secondary N) is 2. The second-order valence-corrected chi connectivity index (χ2v) is 7.92. The topological polar surface area (TPSA) is 69.2 Å². The number of hydrogen-bond donors (Lipinski definition) is 2. The normalized spacial score (nSPS) is 14.9. The van der Waals surface area contributed by atoms with Crippen LogP contribution in [0.1, 0.15) is 27.7 Å². The van der Waals surface area contributed by atoms with E-state index in [0.717, 1.165) is 44.4 Å². The molecule has 1 saturated heterocycles. The first-order chi connectivity index (χ1) is 13.3. The summed E-state index contributed by atoms with van der Waals surface area (Å²) in [7, 11) is 1.69. The van der Waals surface area contributed by atoms with E-state index in [1.165, 1.54) is 5.69 Å². The molecule has 1 aromatic carbocycles. The Hall–Kier alpha value is -1.71. The van der Waals surface area contributed by atoms with Crippen molar-refractivity contribution < 1.29 is 9.53 Å². The van der Waals surface area contributed by atoms with Gasteiger partial charge in [-0.1, -0.05) is 26.8 Å². The number of carbonyl (C=O) groups excluding carboxylic acids is 1. The molecule has 0 atom stereocenters. The zero-order valence-electron chi connectivity index (χ0n) is 18.3. The second-order valence-electron chi connectivity index (χ2n) is 7.92. The molecule has 0 radical (unpaired) electrons. The van der Waals surface area contributed by atoms with Crippen molar-refractivity contribution >= 4 is 41.5 Å². The molecule has 1 fully saturated rings. The van der Waals surface area contributed by atoms with Gasteiger partial charge in [-0.05, 0) is 19.1 Å². The van der Waals surface area contributed by atoms with Gasteiger partial charge in [0.2, 0.25) is 5.91 Å². The van der Waals surface area contributed by atoms with E-state index in [0.29, 0.717) is 13.1 Å². The number of rotatable bonds is 6. The first-order valence-electron chi connectivity index (χ1n) is 10.1. The number of anilines is 1. The minimum Gasteiger partial charge on any atom is -0.497 e. The number of amides is 1. The molecule has 164 valence electrons. The maximum atomic E-state index is 12.0. The van der Waals surface area contributed by atoms with Crippen molar-refractivity contribution in [2.75, 3.05) is 57.8 Å². The maximum absolute atomic E-state index is 12.0. The molecule has 0 spiro atoms. The molecule has 1 aliphatic heterocycles. The molecule has 1 heterocycles. The second kappa shape index (κ2) is 12.1. The minimum absolute atomic E-state index is 0. The van der Waals surface area contributed by atoms with Crippen LogP contribution in [0.5, 0.6) is 5.75 Å². The van der Waals surface area contributed by atoms with Crippen LogP contribution < -0.4 is 20.3 Å². The summed E-state index contributed by atoms with van der Waals surface area (Å²) >= 11 is 0. The SMILES string of the molecule is CCNC(=NCCNC(=O)C(C)(C)C)N1CCN(c2cccc(OC)c2)CC1.I. The van der Waals surface area contributed by atoms with Gasteiger partial charge in [0.25, 0.3) is 0 Å². The fourth-order valence-corrected chi connectivity index (χ4v) is 3.01. The molecule has 0 aliphatic carbocycles. The summed E-state index contributed by atoms with van der Waals surface area (Å²) in [5.74, 6) is 1.85. The van der Waals surface area contributed by atoms with Crippen LogP contribution in [-0.4, -0.2) is 69.7 Å². The molecular weight excluding hydrogens is 481 g/mol. The Morgan fingerprint density at radius 2 is 1.86 bits per heavy atom. The molecule has 0 unspecified atom stereocenters. The van der Waals surface area contributed by atoms with Gasteiger partial charge in [0, 0.05) is 56.4 Å². The molecule has 29 heavy (non-hydrogen) atoms. The standard InChI is InChI=1S/C21H35N5O2.HI/c1-6-22-20(24-11-10-23-19(27)21(2,3)4)26-14-12-25(13-15-26)17-8-7-9-18(16-17)28-5;/h7-9,16H,6,10-15H2,1-5H3,(H,22,24)(H,23,27);1H. The Kier molecular flexibility index (Phi) is 10.6. The van der Waals surface area contributed by atoms with Gasteiger partial charge < -0.3 is 25.2 Å².